The van der Waals surface area contributed by atoms with Crippen molar-refractivity contribution >= 4 is 15.9 Å². The minimum atomic E-state index is 0.493. The Labute approximate surface area is 87.2 Å². The van der Waals surface area contributed by atoms with Crippen molar-refractivity contribution in [3.05, 3.63) is 34.3 Å². The fraction of sp³-hybridized carbons (Fsp3) is 0.455. The van der Waals surface area contributed by atoms with E-state index in [9.17, 15) is 0 Å². The van der Waals surface area contributed by atoms with Gasteiger partial charge in [-0.3, -0.25) is 0 Å². The van der Waals surface area contributed by atoms with Crippen LogP contribution in [-0.2, 0) is 11.2 Å². The zero-order chi connectivity index (χ0) is 9.26. The van der Waals surface area contributed by atoms with E-state index in [1.165, 1.54) is 5.56 Å². The lowest BCUT2D eigenvalue weighted by Gasteiger charge is -1.99. The molecule has 1 nitrogen and oxygen atoms in total. The van der Waals surface area contributed by atoms with Crippen molar-refractivity contribution in [2.45, 2.75) is 32.0 Å². The van der Waals surface area contributed by atoms with Crippen LogP contribution in [0, 0.1) is 0 Å². The van der Waals surface area contributed by atoms with Crippen LogP contribution in [0.15, 0.2) is 28.7 Å². The Kier molecular flexibility index (Phi) is 2.70. The Morgan fingerprint density at radius 3 is 2.85 bits per heavy atom. The summed E-state index contributed by atoms with van der Waals surface area (Å²) >= 11 is 3.47. The van der Waals surface area contributed by atoms with Crippen molar-refractivity contribution < 1.29 is 4.74 Å². The minimum Gasteiger partial charge on any atom is -0.370 e. The van der Waals surface area contributed by atoms with Crippen LogP contribution in [-0.4, -0.2) is 12.2 Å². The monoisotopic (exact) mass is 240 g/mol. The normalized spacial score (nSPS) is 26.0. The number of benzene rings is 1. The molecule has 0 N–H and O–H groups in total. The minimum absolute atomic E-state index is 0.493. The van der Waals surface area contributed by atoms with E-state index in [0.29, 0.717) is 12.2 Å². The molecule has 2 unspecified atom stereocenters. The number of hydrogen-bond acceptors (Lipinski definition) is 1. The molecule has 1 aromatic rings. The highest BCUT2D eigenvalue weighted by Crippen LogP contribution is 2.26. The molecule has 0 radical (unpaired) electrons. The maximum atomic E-state index is 5.36. The maximum Gasteiger partial charge on any atom is 0.0842 e. The van der Waals surface area contributed by atoms with Crippen molar-refractivity contribution in [3.63, 3.8) is 0 Å². The SMILES string of the molecule is CC1OC1CCc1cccc(Br)c1. The van der Waals surface area contributed by atoms with Crippen molar-refractivity contribution in [2.24, 2.45) is 0 Å². The lowest BCUT2D eigenvalue weighted by molar-refractivity contribution is 0.370. The first-order valence-electron chi connectivity index (χ1n) is 4.65. The second-order valence-electron chi connectivity index (χ2n) is 3.55. The molecular formula is C11H13BrO. The van der Waals surface area contributed by atoms with Crippen LogP contribution < -0.4 is 0 Å². The summed E-state index contributed by atoms with van der Waals surface area (Å²) in [5.41, 5.74) is 1.39. The molecule has 1 heterocycles. The number of ether oxygens (including phenoxy) is 1. The molecule has 2 heteroatoms. The Balaban J connectivity index is 1.87. The van der Waals surface area contributed by atoms with Gasteiger partial charge in [-0.05, 0) is 37.5 Å². The van der Waals surface area contributed by atoms with Crippen molar-refractivity contribution in [1.29, 1.82) is 0 Å². The predicted octanol–water partition coefficient (Wildman–Crippen LogP) is 3.17. The molecule has 0 aliphatic carbocycles. The number of hydrogen-bond donors (Lipinski definition) is 0. The van der Waals surface area contributed by atoms with Gasteiger partial charge in [0.25, 0.3) is 0 Å². The van der Waals surface area contributed by atoms with E-state index in [2.05, 4.69) is 47.1 Å². The van der Waals surface area contributed by atoms with Crippen LogP contribution in [0.25, 0.3) is 0 Å². The first-order valence-corrected chi connectivity index (χ1v) is 5.45. The number of halogens is 1. The van der Waals surface area contributed by atoms with Crippen molar-refractivity contribution in [3.8, 4) is 0 Å². The van der Waals surface area contributed by atoms with Gasteiger partial charge in [-0.15, -0.1) is 0 Å². The van der Waals surface area contributed by atoms with E-state index in [4.69, 9.17) is 4.74 Å². The molecular weight excluding hydrogens is 228 g/mol. The van der Waals surface area contributed by atoms with Crippen molar-refractivity contribution in [2.75, 3.05) is 0 Å². The van der Waals surface area contributed by atoms with E-state index >= 15 is 0 Å². The highest BCUT2D eigenvalue weighted by Gasteiger charge is 2.33. The predicted molar refractivity (Wildman–Crippen MR) is 56.8 cm³/mol. The lowest BCUT2D eigenvalue weighted by atomic mass is 10.1. The maximum absolute atomic E-state index is 5.36. The zero-order valence-electron chi connectivity index (χ0n) is 7.66. The van der Waals surface area contributed by atoms with Crippen LogP contribution in [0.5, 0.6) is 0 Å². The molecule has 2 atom stereocenters. The second kappa shape index (κ2) is 3.81. The molecule has 0 saturated carbocycles. The van der Waals surface area contributed by atoms with Gasteiger partial charge in [0.05, 0.1) is 12.2 Å². The van der Waals surface area contributed by atoms with Gasteiger partial charge >= 0.3 is 0 Å². The summed E-state index contributed by atoms with van der Waals surface area (Å²) in [7, 11) is 0. The van der Waals surface area contributed by atoms with E-state index in [-0.39, 0.29) is 0 Å². The second-order valence-corrected chi connectivity index (χ2v) is 4.46. The van der Waals surface area contributed by atoms with Crippen molar-refractivity contribution in [1.82, 2.24) is 0 Å². The van der Waals surface area contributed by atoms with Crippen LogP contribution in [0.2, 0.25) is 0 Å². The van der Waals surface area contributed by atoms with Crippen LogP contribution in [0.3, 0.4) is 0 Å². The fourth-order valence-electron chi connectivity index (χ4n) is 1.53. The topological polar surface area (TPSA) is 12.5 Å². The molecule has 1 aliphatic rings. The Hall–Kier alpha value is -0.340. The van der Waals surface area contributed by atoms with Gasteiger partial charge in [-0.2, -0.15) is 0 Å². The summed E-state index contributed by atoms with van der Waals surface area (Å²) in [5.74, 6) is 0. The summed E-state index contributed by atoms with van der Waals surface area (Å²) in [5, 5.41) is 0. The molecule has 1 fully saturated rings. The van der Waals surface area contributed by atoms with Gasteiger partial charge in [0.2, 0.25) is 0 Å². The number of rotatable bonds is 3. The van der Waals surface area contributed by atoms with E-state index < -0.39 is 0 Å². The largest absolute Gasteiger partial charge is 0.370 e. The van der Waals surface area contributed by atoms with Gasteiger partial charge < -0.3 is 4.74 Å². The van der Waals surface area contributed by atoms with E-state index in [1.54, 1.807) is 0 Å². The molecule has 70 valence electrons. The molecule has 1 saturated heterocycles. The molecule has 2 rings (SSSR count). The van der Waals surface area contributed by atoms with Gasteiger partial charge in [-0.1, -0.05) is 28.1 Å². The third-order valence-electron chi connectivity index (χ3n) is 2.44. The van der Waals surface area contributed by atoms with Crippen LogP contribution in [0.1, 0.15) is 18.9 Å². The molecule has 0 amide bonds. The average Bonchev–Trinajstić information content (AvgIpc) is 2.79. The first kappa shape index (κ1) is 9.22. The third kappa shape index (κ3) is 2.55. The summed E-state index contributed by atoms with van der Waals surface area (Å²) < 4.78 is 6.52. The quantitative estimate of drug-likeness (QED) is 0.740. The Morgan fingerprint density at radius 2 is 2.23 bits per heavy atom. The summed E-state index contributed by atoms with van der Waals surface area (Å²) in [4.78, 5) is 0. The van der Waals surface area contributed by atoms with Crippen LogP contribution in [0.4, 0.5) is 0 Å². The highest BCUT2D eigenvalue weighted by molar-refractivity contribution is 9.10. The van der Waals surface area contributed by atoms with E-state index in [0.717, 1.165) is 17.3 Å². The molecule has 13 heavy (non-hydrogen) atoms. The summed E-state index contributed by atoms with van der Waals surface area (Å²) in [6, 6.07) is 8.47. The summed E-state index contributed by atoms with van der Waals surface area (Å²) in [6.07, 6.45) is 3.28. The Morgan fingerprint density at radius 1 is 1.46 bits per heavy atom. The lowest BCUT2D eigenvalue weighted by Crippen LogP contribution is -1.93. The summed E-state index contributed by atoms with van der Waals surface area (Å²) in [6.45, 7) is 2.13. The highest BCUT2D eigenvalue weighted by atomic mass is 79.9. The number of aryl methyl sites for hydroxylation is 1. The van der Waals surface area contributed by atoms with Gasteiger partial charge in [0.1, 0.15) is 0 Å². The molecule has 1 aliphatic heterocycles. The molecule has 0 bridgehead atoms. The fourth-order valence-corrected chi connectivity index (χ4v) is 1.98. The number of epoxide rings is 1. The molecule has 0 spiro atoms. The van der Waals surface area contributed by atoms with E-state index in [1.807, 2.05) is 0 Å². The van der Waals surface area contributed by atoms with Gasteiger partial charge in [0, 0.05) is 4.47 Å². The molecule has 0 aromatic heterocycles. The van der Waals surface area contributed by atoms with Crippen LogP contribution >= 0.6 is 15.9 Å². The zero-order valence-corrected chi connectivity index (χ0v) is 9.25. The van der Waals surface area contributed by atoms with Gasteiger partial charge in [-0.25, -0.2) is 0 Å². The third-order valence-corrected chi connectivity index (χ3v) is 2.94. The first-order chi connectivity index (χ1) is 6.25. The standard InChI is InChI=1S/C11H13BrO/c1-8-11(13-8)6-5-9-3-2-4-10(12)7-9/h2-4,7-8,11H,5-6H2,1H3. The average molecular weight is 241 g/mol. The smallest absolute Gasteiger partial charge is 0.0842 e. The Bertz CT molecular complexity index is 298. The van der Waals surface area contributed by atoms with Gasteiger partial charge in [0.15, 0.2) is 0 Å². The molecule has 1 aromatic carbocycles.